The average molecular weight is 263 g/mol. The summed E-state index contributed by atoms with van der Waals surface area (Å²) >= 11 is 0. The second kappa shape index (κ2) is 5.78. The normalized spacial score (nSPS) is 19.7. The average Bonchev–Trinajstić information content (AvgIpc) is 2.66. The third-order valence-electron chi connectivity index (χ3n) is 3.88. The van der Waals surface area contributed by atoms with Crippen LogP contribution < -0.4 is 10.6 Å². The monoisotopic (exact) mass is 263 g/mol. The van der Waals surface area contributed by atoms with E-state index in [1.54, 1.807) is 0 Å². The highest BCUT2D eigenvalue weighted by atomic mass is 16.1. The fourth-order valence-electron chi connectivity index (χ4n) is 3.04. The van der Waals surface area contributed by atoms with Crippen LogP contribution in [0.1, 0.15) is 54.5 Å². The molecule has 0 spiro atoms. The minimum Gasteiger partial charge on any atom is -0.348 e. The zero-order valence-electron chi connectivity index (χ0n) is 12.4. The van der Waals surface area contributed by atoms with Crippen molar-refractivity contribution in [3.05, 3.63) is 23.0 Å². The zero-order valence-corrected chi connectivity index (χ0v) is 12.4. The van der Waals surface area contributed by atoms with E-state index in [2.05, 4.69) is 36.0 Å². The van der Waals surface area contributed by atoms with E-state index in [1.807, 2.05) is 13.0 Å². The Balaban J connectivity index is 2.12. The lowest BCUT2D eigenvalue weighted by atomic mass is 10.1. The van der Waals surface area contributed by atoms with E-state index in [1.165, 1.54) is 0 Å². The van der Waals surface area contributed by atoms with E-state index < -0.39 is 0 Å². The summed E-state index contributed by atoms with van der Waals surface area (Å²) < 4.78 is 2.22. The first-order valence-electron chi connectivity index (χ1n) is 7.20. The number of aryl methyl sites for hydroxylation is 1. The number of nitrogens with zero attached hydrogens (tertiary/aromatic N) is 1. The predicted octanol–water partition coefficient (Wildman–Crippen LogP) is 2.17. The van der Waals surface area contributed by atoms with Crippen molar-refractivity contribution in [3.8, 4) is 0 Å². The minimum atomic E-state index is 0.0636. The second-order valence-corrected chi connectivity index (χ2v) is 5.77. The molecule has 1 aliphatic rings. The predicted molar refractivity (Wildman–Crippen MR) is 77.6 cm³/mol. The Bertz CT molecular complexity index is 456. The molecule has 2 N–H and O–H groups in total. The number of hydrogen-bond donors (Lipinski definition) is 2. The molecule has 106 valence electrons. The third-order valence-corrected chi connectivity index (χ3v) is 3.88. The van der Waals surface area contributed by atoms with Crippen LogP contribution in [0.15, 0.2) is 6.07 Å². The molecule has 1 atom stereocenters. The summed E-state index contributed by atoms with van der Waals surface area (Å²) in [6.45, 7) is 10.3. The van der Waals surface area contributed by atoms with Gasteiger partial charge in [0.05, 0.1) is 5.56 Å². The largest absolute Gasteiger partial charge is 0.348 e. The molecule has 0 saturated carbocycles. The first kappa shape index (κ1) is 14.1. The molecule has 0 aliphatic carbocycles. The highest BCUT2D eigenvalue weighted by Gasteiger charge is 2.20. The van der Waals surface area contributed by atoms with Crippen molar-refractivity contribution in [2.24, 2.45) is 0 Å². The second-order valence-electron chi connectivity index (χ2n) is 5.77. The van der Waals surface area contributed by atoms with Gasteiger partial charge in [-0.3, -0.25) is 4.79 Å². The van der Waals surface area contributed by atoms with Crippen LogP contribution in [0.3, 0.4) is 0 Å². The molecule has 1 aromatic rings. The van der Waals surface area contributed by atoms with Crippen molar-refractivity contribution >= 4 is 5.91 Å². The Labute approximate surface area is 115 Å². The van der Waals surface area contributed by atoms with E-state index >= 15 is 0 Å². The van der Waals surface area contributed by atoms with Crippen LogP contribution in [0, 0.1) is 13.8 Å². The molecule has 4 nitrogen and oxygen atoms in total. The summed E-state index contributed by atoms with van der Waals surface area (Å²) in [6.07, 6.45) is 2.21. The quantitative estimate of drug-likeness (QED) is 0.878. The number of rotatable bonds is 3. The smallest absolute Gasteiger partial charge is 0.253 e. The fourth-order valence-corrected chi connectivity index (χ4v) is 3.04. The van der Waals surface area contributed by atoms with Crippen molar-refractivity contribution in [2.75, 3.05) is 13.1 Å². The number of nitrogens with one attached hydrogen (secondary N) is 2. The zero-order chi connectivity index (χ0) is 14.0. The maximum absolute atomic E-state index is 12.4. The van der Waals surface area contributed by atoms with E-state index in [0.29, 0.717) is 6.04 Å². The first-order chi connectivity index (χ1) is 9.00. The summed E-state index contributed by atoms with van der Waals surface area (Å²) in [5.41, 5.74) is 3.03. The Morgan fingerprint density at radius 2 is 2.21 bits per heavy atom. The molecule has 1 aromatic heterocycles. The summed E-state index contributed by atoms with van der Waals surface area (Å²) in [7, 11) is 0. The van der Waals surface area contributed by atoms with Gasteiger partial charge in [-0.1, -0.05) is 0 Å². The van der Waals surface area contributed by atoms with Crippen molar-refractivity contribution in [1.82, 2.24) is 15.2 Å². The van der Waals surface area contributed by atoms with Gasteiger partial charge >= 0.3 is 0 Å². The highest BCUT2D eigenvalue weighted by Crippen LogP contribution is 2.20. The molecule has 0 radical (unpaired) electrons. The van der Waals surface area contributed by atoms with Crippen molar-refractivity contribution in [3.63, 3.8) is 0 Å². The van der Waals surface area contributed by atoms with E-state index in [0.717, 1.165) is 42.9 Å². The molecule has 2 rings (SSSR count). The van der Waals surface area contributed by atoms with Crippen LogP contribution in [-0.2, 0) is 0 Å². The summed E-state index contributed by atoms with van der Waals surface area (Å²) in [4.78, 5) is 12.4. The van der Waals surface area contributed by atoms with Gasteiger partial charge < -0.3 is 15.2 Å². The van der Waals surface area contributed by atoms with Crippen molar-refractivity contribution in [1.29, 1.82) is 0 Å². The maximum atomic E-state index is 12.4. The Kier molecular flexibility index (Phi) is 4.30. The van der Waals surface area contributed by atoms with Crippen LogP contribution in [0.25, 0.3) is 0 Å². The molecule has 1 amide bonds. The van der Waals surface area contributed by atoms with Gasteiger partial charge in [-0.15, -0.1) is 0 Å². The molecule has 1 fully saturated rings. The number of hydrogen-bond acceptors (Lipinski definition) is 2. The summed E-state index contributed by atoms with van der Waals surface area (Å²) in [5.74, 6) is 0.0636. The van der Waals surface area contributed by atoms with Crippen LogP contribution in [0.4, 0.5) is 0 Å². The van der Waals surface area contributed by atoms with Gasteiger partial charge in [0.1, 0.15) is 0 Å². The molecule has 0 unspecified atom stereocenters. The van der Waals surface area contributed by atoms with Gasteiger partial charge in [0.2, 0.25) is 0 Å². The Morgan fingerprint density at radius 3 is 2.74 bits per heavy atom. The number of amides is 1. The molecule has 1 aliphatic heterocycles. The SMILES string of the molecule is Cc1cc(C(=O)N[C@H]2CCCNC2)c(C)n1C(C)C. The summed E-state index contributed by atoms with van der Waals surface area (Å²) in [6, 6.07) is 2.65. The van der Waals surface area contributed by atoms with Crippen molar-refractivity contribution in [2.45, 2.75) is 52.6 Å². The van der Waals surface area contributed by atoms with Gasteiger partial charge in [0.25, 0.3) is 5.91 Å². The van der Waals surface area contributed by atoms with Gasteiger partial charge in [0.15, 0.2) is 0 Å². The van der Waals surface area contributed by atoms with Crippen LogP contribution in [-0.4, -0.2) is 29.6 Å². The third kappa shape index (κ3) is 3.00. The number of carbonyl (C=O) groups is 1. The van der Waals surface area contributed by atoms with E-state index in [9.17, 15) is 4.79 Å². The summed E-state index contributed by atoms with van der Waals surface area (Å²) in [5, 5.41) is 6.46. The van der Waals surface area contributed by atoms with Gasteiger partial charge in [-0.05, 0) is 53.1 Å². The van der Waals surface area contributed by atoms with Gasteiger partial charge in [0, 0.05) is 30.0 Å². The van der Waals surface area contributed by atoms with Gasteiger partial charge in [-0.25, -0.2) is 0 Å². The molecule has 0 aromatic carbocycles. The van der Waals surface area contributed by atoms with Crippen LogP contribution >= 0.6 is 0 Å². The highest BCUT2D eigenvalue weighted by molar-refractivity contribution is 5.95. The minimum absolute atomic E-state index is 0.0636. The fraction of sp³-hybridized carbons (Fsp3) is 0.667. The Morgan fingerprint density at radius 1 is 1.47 bits per heavy atom. The molecular formula is C15H25N3O. The molecule has 1 saturated heterocycles. The maximum Gasteiger partial charge on any atom is 0.253 e. The lowest BCUT2D eigenvalue weighted by Crippen LogP contribution is -2.45. The molecule has 2 heterocycles. The molecule has 0 bridgehead atoms. The lowest BCUT2D eigenvalue weighted by molar-refractivity contribution is 0.0930. The van der Waals surface area contributed by atoms with Crippen LogP contribution in [0.5, 0.6) is 0 Å². The molecule has 19 heavy (non-hydrogen) atoms. The first-order valence-corrected chi connectivity index (χ1v) is 7.20. The number of piperidine rings is 1. The molecule has 4 heteroatoms. The lowest BCUT2D eigenvalue weighted by Gasteiger charge is -2.23. The standard InChI is InChI=1S/C15H25N3O/c1-10(2)18-11(3)8-14(12(18)4)15(19)17-13-6-5-7-16-9-13/h8,10,13,16H,5-7,9H2,1-4H3,(H,17,19)/t13-/m0/s1. The van der Waals surface area contributed by atoms with Gasteiger partial charge in [-0.2, -0.15) is 0 Å². The van der Waals surface area contributed by atoms with E-state index in [4.69, 9.17) is 0 Å². The Hall–Kier alpha value is -1.29. The topological polar surface area (TPSA) is 46.1 Å². The van der Waals surface area contributed by atoms with E-state index in [-0.39, 0.29) is 11.9 Å². The van der Waals surface area contributed by atoms with Crippen LogP contribution in [0.2, 0.25) is 0 Å². The number of carbonyl (C=O) groups excluding carboxylic acids is 1. The molecular weight excluding hydrogens is 238 g/mol. The number of aromatic nitrogens is 1. The van der Waals surface area contributed by atoms with Crippen molar-refractivity contribution < 1.29 is 4.79 Å².